The molecule has 9 heavy (non-hydrogen) atoms. The van der Waals surface area contributed by atoms with Crippen LogP contribution in [-0.2, 0) is 9.05 Å². The van der Waals surface area contributed by atoms with E-state index in [1.807, 2.05) is 0 Å². The van der Waals surface area contributed by atoms with Gasteiger partial charge in [0.25, 0.3) is 0 Å². The van der Waals surface area contributed by atoms with Crippen LogP contribution < -0.4 is 0 Å². The third kappa shape index (κ3) is 2.73. The topological polar surface area (TPSA) is 43.0 Å². The number of nitrogens with zero attached hydrogens (tertiary/aromatic N) is 1. The molecule has 4 nitrogen and oxygen atoms in total. The van der Waals surface area contributed by atoms with Crippen molar-refractivity contribution in [3.05, 3.63) is 11.4 Å². The normalized spacial score (nSPS) is 12.7. The Morgan fingerprint density at radius 2 is 2.00 bits per heavy atom. The Kier molecular flexibility index (Phi) is 3.67. The van der Waals surface area contributed by atoms with Crippen LogP contribution in [0.3, 0.4) is 0 Å². The number of hydrogen-bond acceptors (Lipinski definition) is 3. The van der Waals surface area contributed by atoms with Gasteiger partial charge < -0.3 is 0 Å². The molecule has 0 aliphatic carbocycles. The van der Waals surface area contributed by atoms with Crippen LogP contribution in [0.25, 0.3) is 4.85 Å². The number of rotatable bonds is 3. The van der Waals surface area contributed by atoms with Crippen LogP contribution in [0.15, 0.2) is 0 Å². The predicted octanol–water partition coefficient (Wildman–Crippen LogP) is 0.643. The van der Waals surface area contributed by atoms with Gasteiger partial charge in [0.05, 0.1) is 0 Å². The summed E-state index contributed by atoms with van der Waals surface area (Å²) >= 11 is 0. The zero-order chi connectivity index (χ0) is 7.33. The van der Waals surface area contributed by atoms with Crippen molar-refractivity contribution in [1.82, 2.24) is 0 Å². The molecule has 0 fully saturated rings. The molecule has 0 aromatic carbocycles. The molecule has 0 rings (SSSR count). The van der Waals surface area contributed by atoms with E-state index in [2.05, 4.69) is 13.9 Å². The van der Waals surface area contributed by atoms with Gasteiger partial charge in [-0.15, -0.1) is 0 Å². The average molecular weight is 151 g/mol. The maximum atomic E-state index is 9.11. The molecule has 0 aliphatic rings. The molecule has 0 heterocycles. The molecular formula is C4H10NO3P. The summed E-state index contributed by atoms with van der Waals surface area (Å²) in [6.45, 7) is 6.40. The molecule has 0 bridgehead atoms. The zero-order valence-electron chi connectivity index (χ0n) is 5.42. The Labute approximate surface area is 54.8 Å². The van der Waals surface area contributed by atoms with E-state index in [0.29, 0.717) is 0 Å². The molecule has 0 saturated carbocycles. The first kappa shape index (κ1) is 8.80. The third-order valence-electron chi connectivity index (χ3n) is 0.917. The first-order valence-corrected chi connectivity index (χ1v) is 4.31. The van der Waals surface area contributed by atoms with E-state index in [1.54, 1.807) is 0 Å². The minimum atomic E-state index is -3.05. The van der Waals surface area contributed by atoms with E-state index >= 15 is 0 Å². The molecule has 0 aromatic heterocycles. The molecule has 0 unspecified atom stereocenters. The summed E-state index contributed by atoms with van der Waals surface area (Å²) in [5, 5.41) is 0. The molecule has 0 atom stereocenters. The molecule has 1 N–H and O–H groups in total. The van der Waals surface area contributed by atoms with E-state index in [-0.39, 0.29) is 6.29 Å². The fraction of sp³-hybridized carbons (Fsp3) is 0.750. The van der Waals surface area contributed by atoms with Crippen LogP contribution in [0.4, 0.5) is 0 Å². The van der Waals surface area contributed by atoms with Crippen molar-refractivity contribution in [2.75, 3.05) is 20.5 Å². The molecular weight excluding hydrogens is 141 g/mol. The summed E-state index contributed by atoms with van der Waals surface area (Å²) in [6.07, 6.45) is -0.0694. The summed E-state index contributed by atoms with van der Waals surface area (Å²) in [5.74, 6) is 0. The standard InChI is InChI=1S/C4H10NO3P/c1-5-4-9(6,7-2)8-3/h6,9H,4H2,2-3H3. The first-order valence-electron chi connectivity index (χ1n) is 2.34. The van der Waals surface area contributed by atoms with Crippen molar-refractivity contribution in [2.45, 2.75) is 0 Å². The van der Waals surface area contributed by atoms with Gasteiger partial charge >= 0.3 is 53.8 Å². The van der Waals surface area contributed by atoms with Gasteiger partial charge in [0.15, 0.2) is 0 Å². The predicted molar refractivity (Wildman–Crippen MR) is 36.0 cm³/mol. The maximum absolute atomic E-state index is 9.11. The Balaban J connectivity index is 3.80. The second-order valence-electron chi connectivity index (χ2n) is 1.44. The molecule has 0 amide bonds. The monoisotopic (exact) mass is 151 g/mol. The van der Waals surface area contributed by atoms with E-state index < -0.39 is 7.94 Å². The van der Waals surface area contributed by atoms with E-state index in [9.17, 15) is 0 Å². The SMILES string of the molecule is [C-]#[N+]C[PH](O)(OC)OC. The van der Waals surface area contributed by atoms with Crippen LogP contribution in [0.5, 0.6) is 0 Å². The van der Waals surface area contributed by atoms with Gasteiger partial charge in [-0.1, -0.05) is 0 Å². The molecule has 0 saturated heterocycles. The molecule has 0 aromatic rings. The van der Waals surface area contributed by atoms with Crippen LogP contribution in [0.1, 0.15) is 0 Å². The molecule has 0 aliphatic heterocycles. The van der Waals surface area contributed by atoms with E-state index in [4.69, 9.17) is 11.5 Å². The molecule has 54 valence electrons. The Hall–Kier alpha value is -0.200. The summed E-state index contributed by atoms with van der Waals surface area (Å²) in [5.41, 5.74) is 0. The van der Waals surface area contributed by atoms with Crippen LogP contribution >= 0.6 is 7.94 Å². The summed E-state index contributed by atoms with van der Waals surface area (Å²) in [6, 6.07) is 0. The second kappa shape index (κ2) is 3.76. The fourth-order valence-electron chi connectivity index (χ4n) is 0.312. The minimum absolute atomic E-state index is 0.0694. The van der Waals surface area contributed by atoms with E-state index in [0.717, 1.165) is 0 Å². The Bertz CT molecular complexity index is 117. The Morgan fingerprint density at radius 3 is 2.11 bits per heavy atom. The van der Waals surface area contributed by atoms with Gasteiger partial charge in [-0.3, -0.25) is 0 Å². The molecule has 0 radical (unpaired) electrons. The Morgan fingerprint density at radius 1 is 1.56 bits per heavy atom. The van der Waals surface area contributed by atoms with Gasteiger partial charge in [-0.05, 0) is 0 Å². The van der Waals surface area contributed by atoms with Gasteiger partial charge in [0, 0.05) is 0 Å². The average Bonchev–Trinajstić information content (AvgIpc) is 1.89. The molecule has 5 heteroatoms. The van der Waals surface area contributed by atoms with Crippen molar-refractivity contribution >= 4 is 7.94 Å². The van der Waals surface area contributed by atoms with Crippen molar-refractivity contribution in [1.29, 1.82) is 0 Å². The first-order chi connectivity index (χ1) is 4.18. The van der Waals surface area contributed by atoms with Crippen LogP contribution in [0.2, 0.25) is 0 Å². The van der Waals surface area contributed by atoms with Gasteiger partial charge in [0.2, 0.25) is 0 Å². The summed E-state index contributed by atoms with van der Waals surface area (Å²) in [7, 11) is -0.383. The van der Waals surface area contributed by atoms with Gasteiger partial charge in [0.1, 0.15) is 0 Å². The van der Waals surface area contributed by atoms with Crippen molar-refractivity contribution in [2.24, 2.45) is 0 Å². The summed E-state index contributed by atoms with van der Waals surface area (Å²) < 4.78 is 9.17. The van der Waals surface area contributed by atoms with Gasteiger partial charge in [-0.2, -0.15) is 0 Å². The van der Waals surface area contributed by atoms with E-state index in [1.165, 1.54) is 14.2 Å². The van der Waals surface area contributed by atoms with Crippen LogP contribution in [-0.4, -0.2) is 25.4 Å². The second-order valence-corrected chi connectivity index (χ2v) is 4.00. The number of hydrogen-bond donors (Lipinski definition) is 1. The third-order valence-corrected chi connectivity index (χ3v) is 2.75. The zero-order valence-corrected chi connectivity index (χ0v) is 6.42. The fourth-order valence-corrected chi connectivity index (χ4v) is 0.937. The quantitative estimate of drug-likeness (QED) is 0.475. The van der Waals surface area contributed by atoms with Crippen molar-refractivity contribution in [3.8, 4) is 0 Å². The van der Waals surface area contributed by atoms with Crippen LogP contribution in [0, 0.1) is 6.57 Å². The summed E-state index contributed by atoms with van der Waals surface area (Å²) in [4.78, 5) is 12.1. The van der Waals surface area contributed by atoms with Crippen molar-refractivity contribution in [3.63, 3.8) is 0 Å². The molecule has 0 spiro atoms. The van der Waals surface area contributed by atoms with Gasteiger partial charge in [-0.25, -0.2) is 0 Å². The van der Waals surface area contributed by atoms with Crippen molar-refractivity contribution < 1.29 is 13.9 Å².